The Morgan fingerprint density at radius 3 is 2.50 bits per heavy atom. The van der Waals surface area contributed by atoms with E-state index in [1.165, 1.54) is 11.1 Å². The van der Waals surface area contributed by atoms with Gasteiger partial charge in [0.05, 0.1) is 0 Å². The summed E-state index contributed by atoms with van der Waals surface area (Å²) in [6.07, 6.45) is -0.420. The van der Waals surface area contributed by atoms with Crippen molar-refractivity contribution in [2.75, 3.05) is 0 Å². The second-order valence-corrected chi connectivity index (χ2v) is 5.25. The maximum atomic E-state index is 10.2. The van der Waals surface area contributed by atoms with Crippen molar-refractivity contribution < 1.29 is 5.11 Å². The lowest BCUT2D eigenvalue weighted by molar-refractivity contribution is -0.00725. The van der Waals surface area contributed by atoms with Gasteiger partial charge in [-0.25, -0.2) is 0 Å². The standard InChI is InChI=1S/C14H21NO/c1-9(2)11-5-6-13-12(7-11)8-15(10(3)4)14(13)16/h5-7,9-10,14,16H,8H2,1-4H3. The molecule has 1 N–H and O–H groups in total. The molecule has 88 valence electrons. The fourth-order valence-corrected chi connectivity index (χ4v) is 2.30. The van der Waals surface area contributed by atoms with Crippen LogP contribution >= 0.6 is 0 Å². The summed E-state index contributed by atoms with van der Waals surface area (Å²) in [5.41, 5.74) is 3.72. The van der Waals surface area contributed by atoms with Crippen molar-refractivity contribution in [3.8, 4) is 0 Å². The SMILES string of the molecule is CC(C)c1ccc2c(c1)CN(C(C)C)C2O. The van der Waals surface area contributed by atoms with Gasteiger partial charge in [-0.2, -0.15) is 0 Å². The van der Waals surface area contributed by atoms with Gasteiger partial charge in [-0.05, 0) is 36.5 Å². The van der Waals surface area contributed by atoms with Crippen LogP contribution in [-0.4, -0.2) is 16.0 Å². The molecule has 1 heterocycles. The number of hydrogen-bond donors (Lipinski definition) is 1. The summed E-state index contributed by atoms with van der Waals surface area (Å²) in [5, 5.41) is 10.2. The molecule has 1 atom stereocenters. The van der Waals surface area contributed by atoms with Crippen molar-refractivity contribution in [3.05, 3.63) is 34.9 Å². The highest BCUT2D eigenvalue weighted by atomic mass is 16.3. The molecule has 0 fully saturated rings. The maximum Gasteiger partial charge on any atom is 0.134 e. The summed E-state index contributed by atoms with van der Waals surface area (Å²) in [6, 6.07) is 6.84. The minimum Gasteiger partial charge on any atom is -0.374 e. The van der Waals surface area contributed by atoms with Gasteiger partial charge in [0, 0.05) is 12.6 Å². The molecule has 0 spiro atoms. The van der Waals surface area contributed by atoms with Gasteiger partial charge >= 0.3 is 0 Å². The summed E-state index contributed by atoms with van der Waals surface area (Å²) in [6.45, 7) is 9.52. The minimum absolute atomic E-state index is 0.380. The van der Waals surface area contributed by atoms with Gasteiger partial charge in [0.1, 0.15) is 6.23 Å². The Hall–Kier alpha value is -0.860. The molecule has 0 aromatic heterocycles. The molecular weight excluding hydrogens is 198 g/mol. The van der Waals surface area contributed by atoms with E-state index < -0.39 is 6.23 Å². The zero-order valence-electron chi connectivity index (χ0n) is 10.6. The highest BCUT2D eigenvalue weighted by Crippen LogP contribution is 2.34. The summed E-state index contributed by atoms with van der Waals surface area (Å²) in [7, 11) is 0. The fraction of sp³-hybridized carbons (Fsp3) is 0.571. The molecule has 16 heavy (non-hydrogen) atoms. The van der Waals surface area contributed by atoms with Gasteiger partial charge < -0.3 is 5.11 Å². The Morgan fingerprint density at radius 2 is 1.94 bits per heavy atom. The van der Waals surface area contributed by atoms with E-state index in [0.29, 0.717) is 12.0 Å². The van der Waals surface area contributed by atoms with E-state index in [0.717, 1.165) is 12.1 Å². The lowest BCUT2D eigenvalue weighted by Crippen LogP contribution is -2.28. The molecular formula is C14H21NO. The summed E-state index contributed by atoms with van der Waals surface area (Å²) in [4.78, 5) is 2.12. The predicted molar refractivity (Wildman–Crippen MR) is 66.2 cm³/mol. The average Bonchev–Trinajstić information content (AvgIpc) is 2.55. The van der Waals surface area contributed by atoms with Crippen molar-refractivity contribution in [2.24, 2.45) is 0 Å². The van der Waals surface area contributed by atoms with Crippen LogP contribution in [0.1, 0.15) is 56.5 Å². The number of nitrogens with zero attached hydrogens (tertiary/aromatic N) is 1. The van der Waals surface area contributed by atoms with E-state index in [-0.39, 0.29) is 0 Å². The van der Waals surface area contributed by atoms with Crippen LogP contribution in [0.3, 0.4) is 0 Å². The molecule has 2 nitrogen and oxygen atoms in total. The molecule has 0 radical (unpaired) electrons. The van der Waals surface area contributed by atoms with Crippen LogP contribution in [0.15, 0.2) is 18.2 Å². The maximum absolute atomic E-state index is 10.2. The number of aliphatic hydroxyl groups is 1. The fourth-order valence-electron chi connectivity index (χ4n) is 2.30. The van der Waals surface area contributed by atoms with Crippen LogP contribution in [-0.2, 0) is 6.54 Å². The molecule has 2 heteroatoms. The van der Waals surface area contributed by atoms with Crippen LogP contribution in [0.2, 0.25) is 0 Å². The van der Waals surface area contributed by atoms with Crippen LogP contribution < -0.4 is 0 Å². The predicted octanol–water partition coefficient (Wildman–Crippen LogP) is 3.02. The second-order valence-electron chi connectivity index (χ2n) is 5.25. The zero-order chi connectivity index (χ0) is 11.9. The number of rotatable bonds is 2. The largest absolute Gasteiger partial charge is 0.374 e. The molecule has 1 aliphatic heterocycles. The smallest absolute Gasteiger partial charge is 0.134 e. The second kappa shape index (κ2) is 4.19. The topological polar surface area (TPSA) is 23.5 Å². The monoisotopic (exact) mass is 219 g/mol. The van der Waals surface area contributed by atoms with Crippen LogP contribution in [0.4, 0.5) is 0 Å². The van der Waals surface area contributed by atoms with Crippen molar-refractivity contribution in [2.45, 2.75) is 52.4 Å². The first-order valence-electron chi connectivity index (χ1n) is 6.07. The summed E-state index contributed by atoms with van der Waals surface area (Å²) in [5.74, 6) is 0.551. The van der Waals surface area contributed by atoms with Gasteiger partial charge in [-0.3, -0.25) is 4.90 Å². The van der Waals surface area contributed by atoms with Crippen LogP contribution in [0, 0.1) is 0 Å². The normalized spacial score (nSPS) is 20.8. The first-order chi connectivity index (χ1) is 7.50. The molecule has 1 aliphatic rings. The van der Waals surface area contributed by atoms with E-state index in [9.17, 15) is 5.11 Å². The molecule has 0 saturated carbocycles. The van der Waals surface area contributed by atoms with Gasteiger partial charge in [-0.15, -0.1) is 0 Å². The molecule has 2 rings (SSSR count). The van der Waals surface area contributed by atoms with Gasteiger partial charge in [-0.1, -0.05) is 32.0 Å². The Kier molecular flexibility index (Phi) is 3.04. The van der Waals surface area contributed by atoms with Crippen molar-refractivity contribution >= 4 is 0 Å². The molecule has 0 amide bonds. The van der Waals surface area contributed by atoms with Gasteiger partial charge in [0.2, 0.25) is 0 Å². The third-order valence-electron chi connectivity index (χ3n) is 3.44. The first kappa shape index (κ1) is 11.6. The molecule has 0 bridgehead atoms. The first-order valence-corrected chi connectivity index (χ1v) is 6.07. The Bertz CT molecular complexity index is 384. The summed E-state index contributed by atoms with van der Waals surface area (Å²) >= 11 is 0. The number of fused-ring (bicyclic) bond motifs is 1. The molecule has 1 unspecified atom stereocenters. The van der Waals surface area contributed by atoms with Gasteiger partial charge in [0.25, 0.3) is 0 Å². The number of benzene rings is 1. The average molecular weight is 219 g/mol. The highest BCUT2D eigenvalue weighted by molar-refractivity contribution is 5.37. The molecule has 1 aromatic rings. The summed E-state index contributed by atoms with van der Waals surface area (Å²) < 4.78 is 0. The zero-order valence-corrected chi connectivity index (χ0v) is 10.6. The van der Waals surface area contributed by atoms with Crippen LogP contribution in [0.25, 0.3) is 0 Å². The van der Waals surface area contributed by atoms with E-state index in [4.69, 9.17) is 0 Å². The van der Waals surface area contributed by atoms with Crippen LogP contribution in [0.5, 0.6) is 0 Å². The molecule has 0 aliphatic carbocycles. The van der Waals surface area contributed by atoms with E-state index in [2.05, 4.69) is 50.8 Å². The Balaban J connectivity index is 2.33. The van der Waals surface area contributed by atoms with E-state index >= 15 is 0 Å². The van der Waals surface area contributed by atoms with E-state index in [1.807, 2.05) is 0 Å². The molecule has 0 saturated heterocycles. The number of hydrogen-bond acceptors (Lipinski definition) is 2. The minimum atomic E-state index is -0.420. The Labute approximate surface area is 97.9 Å². The molecule has 1 aromatic carbocycles. The quantitative estimate of drug-likeness (QED) is 0.826. The van der Waals surface area contributed by atoms with E-state index in [1.54, 1.807) is 0 Å². The number of aliphatic hydroxyl groups excluding tert-OH is 1. The van der Waals surface area contributed by atoms with Crippen molar-refractivity contribution in [1.29, 1.82) is 0 Å². The van der Waals surface area contributed by atoms with Crippen molar-refractivity contribution in [1.82, 2.24) is 4.90 Å². The highest BCUT2D eigenvalue weighted by Gasteiger charge is 2.30. The third kappa shape index (κ3) is 1.87. The Morgan fingerprint density at radius 1 is 1.25 bits per heavy atom. The lowest BCUT2D eigenvalue weighted by Gasteiger charge is -2.24. The van der Waals surface area contributed by atoms with Crippen molar-refractivity contribution in [3.63, 3.8) is 0 Å². The lowest BCUT2D eigenvalue weighted by atomic mass is 9.98. The van der Waals surface area contributed by atoms with Gasteiger partial charge in [0.15, 0.2) is 0 Å². The third-order valence-corrected chi connectivity index (χ3v) is 3.44.